The zero-order chi connectivity index (χ0) is 7.28. The molecule has 0 aromatic heterocycles. The summed E-state index contributed by atoms with van der Waals surface area (Å²) in [6.45, 7) is 6.45. The van der Waals surface area contributed by atoms with Crippen molar-refractivity contribution in [1.82, 2.24) is 0 Å². The van der Waals surface area contributed by atoms with E-state index >= 15 is 0 Å². The van der Waals surface area contributed by atoms with Crippen LogP contribution in [0.25, 0.3) is 0 Å². The topological polar surface area (TPSA) is 35.2 Å². The lowest BCUT2D eigenvalue weighted by atomic mass is 10.1. The first kappa shape index (κ1) is 8.50. The van der Waals surface area contributed by atoms with Crippen molar-refractivity contribution in [3.63, 3.8) is 0 Å². The van der Waals surface area contributed by atoms with Crippen LogP contribution in [0.1, 0.15) is 13.3 Å². The summed E-state index contributed by atoms with van der Waals surface area (Å²) < 4.78 is 4.87. The maximum Gasteiger partial charge on any atom is 0.0887 e. The smallest absolute Gasteiger partial charge is 0.0887 e. The molecule has 0 aliphatic rings. The van der Waals surface area contributed by atoms with Gasteiger partial charge in [0.1, 0.15) is 0 Å². The molecule has 0 spiro atoms. The minimum atomic E-state index is 0.484. The van der Waals surface area contributed by atoms with E-state index in [0.29, 0.717) is 12.5 Å². The number of ether oxygens (including phenoxy) is 1. The fourth-order valence-corrected chi connectivity index (χ4v) is 0.555. The van der Waals surface area contributed by atoms with Crippen molar-refractivity contribution in [3.8, 4) is 0 Å². The lowest BCUT2D eigenvalue weighted by Crippen LogP contribution is -2.11. The largest absolute Gasteiger partial charge is 0.502 e. The van der Waals surface area contributed by atoms with Crippen LogP contribution < -0.4 is 5.73 Å². The maximum atomic E-state index is 5.38. The molecule has 0 aromatic rings. The van der Waals surface area contributed by atoms with Crippen molar-refractivity contribution >= 4 is 0 Å². The molecule has 0 aliphatic heterocycles. The highest BCUT2D eigenvalue weighted by atomic mass is 16.5. The zero-order valence-electron chi connectivity index (χ0n) is 6.18. The standard InChI is InChI=1S/C7H15NO/c1-6(5-8)4-7(2)9-3/h6H,2,4-5,8H2,1,3H3. The average Bonchev–Trinajstić information content (AvgIpc) is 1.87. The minimum Gasteiger partial charge on any atom is -0.502 e. The third-order valence-corrected chi connectivity index (χ3v) is 1.27. The number of hydrogen-bond acceptors (Lipinski definition) is 2. The van der Waals surface area contributed by atoms with Gasteiger partial charge in [-0.15, -0.1) is 0 Å². The monoisotopic (exact) mass is 129 g/mol. The van der Waals surface area contributed by atoms with E-state index in [9.17, 15) is 0 Å². The van der Waals surface area contributed by atoms with Gasteiger partial charge in [-0.25, -0.2) is 0 Å². The Kier molecular flexibility index (Phi) is 4.14. The van der Waals surface area contributed by atoms with Gasteiger partial charge in [0.2, 0.25) is 0 Å². The summed E-state index contributed by atoms with van der Waals surface area (Å²) in [4.78, 5) is 0. The summed E-state index contributed by atoms with van der Waals surface area (Å²) in [5.74, 6) is 1.30. The van der Waals surface area contributed by atoms with Crippen molar-refractivity contribution in [2.24, 2.45) is 11.7 Å². The predicted molar refractivity (Wildman–Crippen MR) is 39.0 cm³/mol. The van der Waals surface area contributed by atoms with Crippen molar-refractivity contribution in [2.75, 3.05) is 13.7 Å². The summed E-state index contributed by atoms with van der Waals surface area (Å²) >= 11 is 0. The van der Waals surface area contributed by atoms with Gasteiger partial charge < -0.3 is 10.5 Å². The highest BCUT2D eigenvalue weighted by Gasteiger charge is 2.00. The number of allylic oxidation sites excluding steroid dienone is 1. The van der Waals surface area contributed by atoms with Gasteiger partial charge in [-0.2, -0.15) is 0 Å². The highest BCUT2D eigenvalue weighted by Crippen LogP contribution is 2.07. The zero-order valence-corrected chi connectivity index (χ0v) is 6.18. The Hall–Kier alpha value is -0.500. The second-order valence-electron chi connectivity index (χ2n) is 2.29. The van der Waals surface area contributed by atoms with E-state index in [-0.39, 0.29) is 0 Å². The molecule has 0 aromatic carbocycles. The molecule has 1 unspecified atom stereocenters. The summed E-state index contributed by atoms with van der Waals surface area (Å²) in [5, 5.41) is 0. The first-order valence-corrected chi connectivity index (χ1v) is 3.12. The van der Waals surface area contributed by atoms with Crippen LogP contribution in [0, 0.1) is 5.92 Å². The summed E-state index contributed by atoms with van der Waals surface area (Å²) in [6.07, 6.45) is 0.868. The number of rotatable bonds is 4. The molecule has 0 saturated heterocycles. The highest BCUT2D eigenvalue weighted by molar-refractivity contribution is 4.83. The van der Waals surface area contributed by atoms with Crippen molar-refractivity contribution in [1.29, 1.82) is 0 Å². The maximum absolute atomic E-state index is 5.38. The normalized spacial score (nSPS) is 12.8. The Bertz CT molecular complexity index is 90.9. The molecule has 0 aliphatic carbocycles. The summed E-state index contributed by atoms with van der Waals surface area (Å²) in [6, 6.07) is 0. The van der Waals surface area contributed by atoms with Crippen LogP contribution in [0.15, 0.2) is 12.3 Å². The Morgan fingerprint density at radius 3 is 2.67 bits per heavy atom. The van der Waals surface area contributed by atoms with Crippen LogP contribution in [0.5, 0.6) is 0 Å². The molecule has 2 N–H and O–H groups in total. The van der Waals surface area contributed by atoms with Gasteiger partial charge in [-0.05, 0) is 12.5 Å². The van der Waals surface area contributed by atoms with Crippen LogP contribution in [0.3, 0.4) is 0 Å². The molecular formula is C7H15NO. The molecule has 2 heteroatoms. The van der Waals surface area contributed by atoms with Gasteiger partial charge in [0.05, 0.1) is 12.9 Å². The quantitative estimate of drug-likeness (QED) is 0.577. The van der Waals surface area contributed by atoms with Crippen LogP contribution >= 0.6 is 0 Å². The van der Waals surface area contributed by atoms with E-state index in [1.807, 2.05) is 0 Å². The molecule has 2 nitrogen and oxygen atoms in total. The molecule has 0 fully saturated rings. The van der Waals surface area contributed by atoms with Crippen molar-refractivity contribution in [2.45, 2.75) is 13.3 Å². The third kappa shape index (κ3) is 4.03. The van der Waals surface area contributed by atoms with E-state index in [2.05, 4.69) is 13.5 Å². The molecule has 54 valence electrons. The van der Waals surface area contributed by atoms with Crippen LogP contribution in [-0.2, 0) is 4.74 Å². The Balaban J connectivity index is 3.34. The van der Waals surface area contributed by atoms with Crippen molar-refractivity contribution in [3.05, 3.63) is 12.3 Å². The molecule has 0 amide bonds. The summed E-state index contributed by atoms with van der Waals surface area (Å²) in [5.41, 5.74) is 5.38. The van der Waals surface area contributed by atoms with Gasteiger partial charge in [0.25, 0.3) is 0 Å². The van der Waals surface area contributed by atoms with E-state index in [0.717, 1.165) is 12.2 Å². The fourth-order valence-electron chi connectivity index (χ4n) is 0.555. The van der Waals surface area contributed by atoms with Crippen molar-refractivity contribution < 1.29 is 4.74 Å². The van der Waals surface area contributed by atoms with Crippen LogP contribution in [0.2, 0.25) is 0 Å². The molecule has 1 atom stereocenters. The molecule has 0 radical (unpaired) electrons. The molecular weight excluding hydrogens is 114 g/mol. The second kappa shape index (κ2) is 4.39. The molecule has 9 heavy (non-hydrogen) atoms. The number of methoxy groups -OCH3 is 1. The van der Waals surface area contributed by atoms with E-state index in [1.165, 1.54) is 0 Å². The molecule has 0 rings (SSSR count). The Morgan fingerprint density at radius 1 is 1.78 bits per heavy atom. The van der Waals surface area contributed by atoms with E-state index in [1.54, 1.807) is 7.11 Å². The van der Waals surface area contributed by atoms with Gasteiger partial charge in [-0.1, -0.05) is 13.5 Å². The first-order valence-electron chi connectivity index (χ1n) is 3.12. The average molecular weight is 129 g/mol. The first-order chi connectivity index (χ1) is 4.20. The number of hydrogen-bond donors (Lipinski definition) is 1. The van der Waals surface area contributed by atoms with Crippen LogP contribution in [-0.4, -0.2) is 13.7 Å². The third-order valence-electron chi connectivity index (χ3n) is 1.27. The minimum absolute atomic E-state index is 0.484. The van der Waals surface area contributed by atoms with Gasteiger partial charge in [-0.3, -0.25) is 0 Å². The lowest BCUT2D eigenvalue weighted by Gasteiger charge is -2.08. The van der Waals surface area contributed by atoms with E-state index in [4.69, 9.17) is 10.5 Å². The van der Waals surface area contributed by atoms with Gasteiger partial charge >= 0.3 is 0 Å². The van der Waals surface area contributed by atoms with Crippen LogP contribution in [0.4, 0.5) is 0 Å². The number of nitrogens with two attached hydrogens (primary N) is 1. The van der Waals surface area contributed by atoms with Gasteiger partial charge in [0, 0.05) is 6.42 Å². The Morgan fingerprint density at radius 2 is 2.33 bits per heavy atom. The predicted octanol–water partition coefficient (Wildman–Crippen LogP) is 1.13. The molecule has 0 saturated carbocycles. The Labute approximate surface area is 56.7 Å². The second-order valence-corrected chi connectivity index (χ2v) is 2.29. The SMILES string of the molecule is C=C(CC(C)CN)OC. The summed E-state index contributed by atoms with van der Waals surface area (Å²) in [7, 11) is 1.63. The fraction of sp³-hybridized carbons (Fsp3) is 0.714. The molecule has 0 bridgehead atoms. The molecule has 0 heterocycles. The lowest BCUT2D eigenvalue weighted by molar-refractivity contribution is 0.265. The van der Waals surface area contributed by atoms with E-state index < -0.39 is 0 Å². The van der Waals surface area contributed by atoms with Gasteiger partial charge in [0.15, 0.2) is 0 Å².